The molecule has 1 aromatic rings. The summed E-state index contributed by atoms with van der Waals surface area (Å²) in [6, 6.07) is 4.47. The first kappa shape index (κ1) is 16.6. The molecule has 1 saturated heterocycles. The first-order chi connectivity index (χ1) is 9.90. The molecule has 0 aliphatic carbocycles. The van der Waals surface area contributed by atoms with Crippen LogP contribution < -0.4 is 10.1 Å². The van der Waals surface area contributed by atoms with Crippen LogP contribution in [0.15, 0.2) is 22.7 Å². The Balaban J connectivity index is 2.27. The van der Waals surface area contributed by atoms with Crippen molar-refractivity contribution < 1.29 is 17.9 Å². The second-order valence-corrected chi connectivity index (χ2v) is 5.87. The van der Waals surface area contributed by atoms with E-state index in [4.69, 9.17) is 4.74 Å². The fourth-order valence-corrected chi connectivity index (χ4v) is 3.12. The Morgan fingerprint density at radius 3 is 2.52 bits per heavy atom. The Morgan fingerprint density at radius 1 is 1.33 bits per heavy atom. The lowest BCUT2D eigenvalue weighted by molar-refractivity contribution is -0.148. The van der Waals surface area contributed by atoms with Gasteiger partial charge in [-0.25, -0.2) is 0 Å². The Hall–Kier alpha value is -0.790. The summed E-state index contributed by atoms with van der Waals surface area (Å²) < 4.78 is 44.5. The summed E-state index contributed by atoms with van der Waals surface area (Å²) in [7, 11) is 1.53. The summed E-state index contributed by atoms with van der Waals surface area (Å²) in [5, 5.41) is 3.16. The minimum atomic E-state index is -4.19. The third-order valence-corrected chi connectivity index (χ3v) is 4.20. The van der Waals surface area contributed by atoms with Crippen LogP contribution in [-0.4, -0.2) is 44.4 Å². The highest BCUT2D eigenvalue weighted by atomic mass is 79.9. The molecule has 1 atom stereocenters. The Morgan fingerprint density at radius 2 is 2.00 bits per heavy atom. The first-order valence-corrected chi connectivity index (χ1v) is 7.55. The van der Waals surface area contributed by atoms with E-state index in [1.807, 2.05) is 4.90 Å². The molecular formula is C14H18BrF3N2O. The number of hydrogen-bond acceptors (Lipinski definition) is 3. The van der Waals surface area contributed by atoms with Gasteiger partial charge in [0.2, 0.25) is 0 Å². The smallest absolute Gasteiger partial charge is 0.390 e. The van der Waals surface area contributed by atoms with E-state index in [0.29, 0.717) is 42.0 Å². The minimum Gasteiger partial charge on any atom is -0.496 e. The highest BCUT2D eigenvalue weighted by Gasteiger charge is 2.36. The number of rotatable bonds is 4. The van der Waals surface area contributed by atoms with Gasteiger partial charge in [-0.2, -0.15) is 13.2 Å². The van der Waals surface area contributed by atoms with Gasteiger partial charge < -0.3 is 10.1 Å². The van der Waals surface area contributed by atoms with Gasteiger partial charge in [-0.05, 0) is 33.6 Å². The van der Waals surface area contributed by atoms with Crippen LogP contribution in [0.4, 0.5) is 13.2 Å². The van der Waals surface area contributed by atoms with Crippen molar-refractivity contribution in [1.29, 1.82) is 0 Å². The largest absolute Gasteiger partial charge is 0.496 e. The molecule has 0 unspecified atom stereocenters. The van der Waals surface area contributed by atoms with Crippen molar-refractivity contribution in [3.8, 4) is 5.75 Å². The van der Waals surface area contributed by atoms with Crippen molar-refractivity contribution in [2.75, 3.05) is 33.3 Å². The van der Waals surface area contributed by atoms with Crippen molar-refractivity contribution in [2.24, 2.45) is 0 Å². The molecule has 0 saturated carbocycles. The molecule has 7 heteroatoms. The van der Waals surface area contributed by atoms with Crippen molar-refractivity contribution in [2.45, 2.75) is 18.6 Å². The second-order valence-electron chi connectivity index (χ2n) is 5.02. The Labute approximate surface area is 130 Å². The van der Waals surface area contributed by atoms with Gasteiger partial charge in [-0.1, -0.05) is 6.07 Å². The molecule has 0 aromatic heterocycles. The number of methoxy groups -OCH3 is 1. The average molecular weight is 367 g/mol. The summed E-state index contributed by atoms with van der Waals surface area (Å²) in [5.74, 6) is 0.616. The molecule has 21 heavy (non-hydrogen) atoms. The zero-order valence-corrected chi connectivity index (χ0v) is 13.3. The summed E-state index contributed by atoms with van der Waals surface area (Å²) in [4.78, 5) is 1.89. The second kappa shape index (κ2) is 6.98. The van der Waals surface area contributed by atoms with Crippen molar-refractivity contribution in [1.82, 2.24) is 10.2 Å². The van der Waals surface area contributed by atoms with Crippen molar-refractivity contribution in [3.05, 3.63) is 28.2 Å². The zero-order chi connectivity index (χ0) is 15.5. The SMILES string of the molecule is COc1ccc([C@H](CC(F)(F)F)N2CCNCC2)cc1Br. The van der Waals surface area contributed by atoms with E-state index < -0.39 is 18.6 Å². The molecule has 1 heterocycles. The van der Waals surface area contributed by atoms with Crippen LogP contribution in [0.1, 0.15) is 18.0 Å². The number of hydrogen-bond donors (Lipinski definition) is 1. The Bertz CT molecular complexity index is 476. The molecule has 1 aromatic carbocycles. The lowest BCUT2D eigenvalue weighted by atomic mass is 10.0. The predicted octanol–water partition coefficient (Wildman–Crippen LogP) is 3.36. The van der Waals surface area contributed by atoms with Gasteiger partial charge in [-0.3, -0.25) is 4.90 Å². The van der Waals surface area contributed by atoms with Crippen LogP contribution in [0.2, 0.25) is 0 Å². The third kappa shape index (κ3) is 4.59. The van der Waals surface area contributed by atoms with E-state index in [2.05, 4.69) is 21.2 Å². The molecule has 1 N–H and O–H groups in total. The van der Waals surface area contributed by atoms with Crippen LogP contribution in [0.3, 0.4) is 0 Å². The molecule has 3 nitrogen and oxygen atoms in total. The van der Waals surface area contributed by atoms with Gasteiger partial charge in [0, 0.05) is 32.2 Å². The summed E-state index contributed by atoms with van der Waals surface area (Å²) in [6.07, 6.45) is -5.03. The number of ether oxygens (including phenoxy) is 1. The molecule has 0 spiro atoms. The fourth-order valence-electron chi connectivity index (χ4n) is 2.56. The van der Waals surface area contributed by atoms with E-state index in [1.54, 1.807) is 18.2 Å². The molecule has 0 radical (unpaired) electrons. The molecule has 0 bridgehead atoms. The van der Waals surface area contributed by atoms with E-state index in [0.717, 1.165) is 0 Å². The lowest BCUT2D eigenvalue weighted by Crippen LogP contribution is -2.46. The maximum atomic E-state index is 12.9. The molecule has 1 aliphatic heterocycles. The fraction of sp³-hybridized carbons (Fsp3) is 0.571. The van der Waals surface area contributed by atoms with Crippen LogP contribution >= 0.6 is 15.9 Å². The van der Waals surface area contributed by atoms with Gasteiger partial charge in [0.25, 0.3) is 0 Å². The quantitative estimate of drug-likeness (QED) is 0.884. The maximum absolute atomic E-state index is 12.9. The number of benzene rings is 1. The van der Waals surface area contributed by atoms with Gasteiger partial charge in [-0.15, -0.1) is 0 Å². The summed E-state index contributed by atoms with van der Waals surface area (Å²) >= 11 is 3.34. The van der Waals surface area contributed by atoms with Gasteiger partial charge in [0.05, 0.1) is 18.0 Å². The zero-order valence-electron chi connectivity index (χ0n) is 11.7. The average Bonchev–Trinajstić information content (AvgIpc) is 2.45. The number of nitrogens with one attached hydrogen (secondary N) is 1. The number of piperazine rings is 1. The Kier molecular flexibility index (Phi) is 5.51. The van der Waals surface area contributed by atoms with Crippen molar-refractivity contribution >= 4 is 15.9 Å². The number of nitrogens with zero attached hydrogens (tertiary/aromatic N) is 1. The number of alkyl halides is 3. The third-order valence-electron chi connectivity index (χ3n) is 3.58. The summed E-state index contributed by atoms with van der Waals surface area (Å²) in [6.45, 7) is 2.66. The lowest BCUT2D eigenvalue weighted by Gasteiger charge is -2.35. The molecule has 118 valence electrons. The minimum absolute atomic E-state index is 0.615. The summed E-state index contributed by atoms with van der Waals surface area (Å²) in [5.41, 5.74) is 0.655. The van der Waals surface area contributed by atoms with Crippen LogP contribution in [0.5, 0.6) is 5.75 Å². The normalized spacial score (nSPS) is 18.5. The van der Waals surface area contributed by atoms with E-state index in [-0.39, 0.29) is 0 Å². The molecule has 1 fully saturated rings. The topological polar surface area (TPSA) is 24.5 Å². The number of halogens is 4. The first-order valence-electron chi connectivity index (χ1n) is 6.75. The van der Waals surface area contributed by atoms with E-state index >= 15 is 0 Å². The van der Waals surface area contributed by atoms with E-state index in [9.17, 15) is 13.2 Å². The monoisotopic (exact) mass is 366 g/mol. The van der Waals surface area contributed by atoms with Crippen LogP contribution in [0, 0.1) is 0 Å². The molecular weight excluding hydrogens is 349 g/mol. The van der Waals surface area contributed by atoms with Gasteiger partial charge in [0.15, 0.2) is 0 Å². The van der Waals surface area contributed by atoms with Crippen LogP contribution in [-0.2, 0) is 0 Å². The van der Waals surface area contributed by atoms with Gasteiger partial charge in [0.1, 0.15) is 5.75 Å². The highest BCUT2D eigenvalue weighted by molar-refractivity contribution is 9.10. The van der Waals surface area contributed by atoms with Crippen LogP contribution in [0.25, 0.3) is 0 Å². The highest BCUT2D eigenvalue weighted by Crippen LogP contribution is 2.36. The van der Waals surface area contributed by atoms with Crippen molar-refractivity contribution in [3.63, 3.8) is 0 Å². The molecule has 1 aliphatic rings. The predicted molar refractivity (Wildman–Crippen MR) is 78.5 cm³/mol. The molecule has 0 amide bonds. The van der Waals surface area contributed by atoms with Gasteiger partial charge >= 0.3 is 6.18 Å². The molecule has 2 rings (SSSR count). The van der Waals surface area contributed by atoms with E-state index in [1.165, 1.54) is 7.11 Å². The maximum Gasteiger partial charge on any atom is 0.390 e. The standard InChI is InChI=1S/C14H18BrF3N2O/c1-21-13-3-2-10(8-11(13)15)12(9-14(16,17)18)20-6-4-19-5-7-20/h2-3,8,12,19H,4-7,9H2,1H3/t12-/m0/s1.